The van der Waals surface area contributed by atoms with Crippen molar-refractivity contribution in [2.45, 2.75) is 37.3 Å². The Morgan fingerprint density at radius 3 is 2.89 bits per heavy atom. The Labute approximate surface area is 107 Å². The number of ether oxygens (including phenoxy) is 1. The molecule has 1 aliphatic heterocycles. The van der Waals surface area contributed by atoms with E-state index < -0.39 is 5.54 Å². The number of nitrogens with two attached hydrogens (primary N) is 1. The van der Waals surface area contributed by atoms with E-state index in [1.54, 1.807) is 0 Å². The van der Waals surface area contributed by atoms with Crippen LogP contribution in [0.2, 0.25) is 0 Å². The van der Waals surface area contributed by atoms with Gasteiger partial charge in [-0.1, -0.05) is 18.2 Å². The molecule has 18 heavy (non-hydrogen) atoms. The Bertz CT molecular complexity index is 444. The van der Waals surface area contributed by atoms with E-state index >= 15 is 0 Å². The van der Waals surface area contributed by atoms with Gasteiger partial charge in [-0.05, 0) is 30.9 Å². The molecular weight excluding hydrogens is 228 g/mol. The number of rotatable bonds is 3. The first kappa shape index (κ1) is 11.5. The van der Waals surface area contributed by atoms with Gasteiger partial charge in [0.15, 0.2) is 0 Å². The molecule has 1 atom stereocenters. The molecule has 0 bridgehead atoms. The van der Waals surface area contributed by atoms with Crippen LogP contribution < -0.4 is 15.8 Å². The average molecular weight is 246 g/mol. The minimum absolute atomic E-state index is 0.0340. The van der Waals surface area contributed by atoms with Crippen molar-refractivity contribution in [3.63, 3.8) is 0 Å². The van der Waals surface area contributed by atoms with E-state index in [-0.39, 0.29) is 12.0 Å². The predicted octanol–water partition coefficient (Wildman–Crippen LogP) is 0.988. The van der Waals surface area contributed by atoms with Gasteiger partial charge in [-0.15, -0.1) is 0 Å². The van der Waals surface area contributed by atoms with Gasteiger partial charge in [-0.3, -0.25) is 4.79 Å². The van der Waals surface area contributed by atoms with Crippen molar-refractivity contribution in [2.75, 3.05) is 6.54 Å². The van der Waals surface area contributed by atoms with Gasteiger partial charge in [0, 0.05) is 6.42 Å². The lowest BCUT2D eigenvalue weighted by Crippen LogP contribution is -2.59. The van der Waals surface area contributed by atoms with Crippen LogP contribution in [0.15, 0.2) is 24.3 Å². The number of hydrogen-bond acceptors (Lipinski definition) is 3. The van der Waals surface area contributed by atoms with Crippen molar-refractivity contribution in [3.8, 4) is 5.75 Å². The van der Waals surface area contributed by atoms with Crippen LogP contribution in [-0.4, -0.2) is 24.1 Å². The summed E-state index contributed by atoms with van der Waals surface area (Å²) in [7, 11) is 0. The molecule has 1 aromatic rings. The highest BCUT2D eigenvalue weighted by Crippen LogP contribution is 2.30. The molecule has 1 aromatic carbocycles. The molecule has 0 spiro atoms. The summed E-state index contributed by atoms with van der Waals surface area (Å²) in [4.78, 5) is 11.9. The molecule has 4 nitrogen and oxygen atoms in total. The summed E-state index contributed by atoms with van der Waals surface area (Å²) in [6, 6.07) is 8.00. The van der Waals surface area contributed by atoms with Gasteiger partial charge in [-0.25, -0.2) is 0 Å². The maximum Gasteiger partial charge on any atom is 0.240 e. The molecule has 1 aliphatic carbocycles. The first-order valence-electron chi connectivity index (χ1n) is 6.49. The van der Waals surface area contributed by atoms with Crippen molar-refractivity contribution in [1.82, 2.24) is 5.32 Å². The van der Waals surface area contributed by atoms with Gasteiger partial charge in [0.2, 0.25) is 5.91 Å². The summed E-state index contributed by atoms with van der Waals surface area (Å²) in [5, 5.41) is 2.91. The average Bonchev–Trinajstić information content (AvgIpc) is 2.75. The standard InChI is InChI=1S/C14H18N2O2/c15-14(6-3-7-14)13(17)16-9-11-8-10-4-1-2-5-12(10)18-11/h1-2,4-5,11H,3,6-9,15H2,(H,16,17). The molecule has 1 heterocycles. The van der Waals surface area contributed by atoms with Gasteiger partial charge >= 0.3 is 0 Å². The van der Waals surface area contributed by atoms with Crippen LogP contribution in [0.25, 0.3) is 0 Å². The van der Waals surface area contributed by atoms with E-state index in [0.29, 0.717) is 6.54 Å². The Kier molecular flexibility index (Phi) is 2.74. The van der Waals surface area contributed by atoms with Gasteiger partial charge < -0.3 is 15.8 Å². The largest absolute Gasteiger partial charge is 0.488 e. The zero-order chi connectivity index (χ0) is 12.6. The lowest BCUT2D eigenvalue weighted by atomic mass is 9.77. The normalized spacial score (nSPS) is 23.7. The summed E-state index contributed by atoms with van der Waals surface area (Å²) >= 11 is 0. The number of para-hydroxylation sites is 1. The maximum atomic E-state index is 11.9. The molecule has 1 amide bonds. The van der Waals surface area contributed by atoms with Crippen LogP contribution in [0.3, 0.4) is 0 Å². The Morgan fingerprint density at radius 2 is 2.22 bits per heavy atom. The van der Waals surface area contributed by atoms with E-state index in [1.165, 1.54) is 5.56 Å². The molecule has 1 saturated carbocycles. The van der Waals surface area contributed by atoms with Gasteiger partial charge in [-0.2, -0.15) is 0 Å². The Morgan fingerprint density at radius 1 is 1.44 bits per heavy atom. The SMILES string of the molecule is NC1(C(=O)NCC2Cc3ccccc3O2)CCC1. The lowest BCUT2D eigenvalue weighted by molar-refractivity contribution is -0.129. The molecule has 96 valence electrons. The summed E-state index contributed by atoms with van der Waals surface area (Å²) < 4.78 is 5.77. The smallest absolute Gasteiger partial charge is 0.240 e. The Hall–Kier alpha value is -1.55. The Balaban J connectivity index is 1.53. The van der Waals surface area contributed by atoms with Crippen LogP contribution in [-0.2, 0) is 11.2 Å². The number of benzene rings is 1. The third-order valence-electron chi connectivity index (χ3n) is 3.90. The second-order valence-electron chi connectivity index (χ2n) is 5.27. The molecule has 0 saturated heterocycles. The monoisotopic (exact) mass is 246 g/mol. The molecule has 1 fully saturated rings. The van der Waals surface area contributed by atoms with Crippen LogP contribution in [0.4, 0.5) is 0 Å². The first-order valence-corrected chi connectivity index (χ1v) is 6.49. The molecule has 0 aromatic heterocycles. The molecule has 1 unspecified atom stereocenters. The minimum atomic E-state index is -0.620. The summed E-state index contributed by atoms with van der Waals surface area (Å²) in [5.41, 5.74) is 6.55. The maximum absolute atomic E-state index is 11.9. The summed E-state index contributed by atoms with van der Waals surface area (Å²) in [5.74, 6) is 0.899. The number of nitrogens with one attached hydrogen (secondary N) is 1. The number of hydrogen-bond donors (Lipinski definition) is 2. The zero-order valence-electron chi connectivity index (χ0n) is 10.3. The van der Waals surface area contributed by atoms with Gasteiger partial charge in [0.25, 0.3) is 0 Å². The molecule has 3 rings (SSSR count). The first-order chi connectivity index (χ1) is 8.67. The second kappa shape index (κ2) is 4.28. The third-order valence-corrected chi connectivity index (χ3v) is 3.90. The van der Waals surface area contributed by atoms with E-state index in [2.05, 4.69) is 11.4 Å². The van der Waals surface area contributed by atoms with Gasteiger partial charge in [0.1, 0.15) is 11.9 Å². The second-order valence-corrected chi connectivity index (χ2v) is 5.27. The van der Waals surface area contributed by atoms with Crippen molar-refractivity contribution in [2.24, 2.45) is 5.73 Å². The minimum Gasteiger partial charge on any atom is -0.488 e. The molecule has 3 N–H and O–H groups in total. The number of carbonyl (C=O) groups excluding carboxylic acids is 1. The third kappa shape index (κ3) is 1.97. The van der Waals surface area contributed by atoms with E-state index in [9.17, 15) is 4.79 Å². The highest BCUT2D eigenvalue weighted by Gasteiger charge is 2.40. The predicted molar refractivity (Wildman–Crippen MR) is 68.3 cm³/mol. The highest BCUT2D eigenvalue weighted by molar-refractivity contribution is 5.87. The summed E-state index contributed by atoms with van der Waals surface area (Å²) in [6.45, 7) is 0.534. The van der Waals surface area contributed by atoms with E-state index in [1.807, 2.05) is 18.2 Å². The molecular formula is C14H18N2O2. The quantitative estimate of drug-likeness (QED) is 0.836. The van der Waals surface area contributed by atoms with Crippen molar-refractivity contribution in [3.05, 3.63) is 29.8 Å². The molecule has 4 heteroatoms. The van der Waals surface area contributed by atoms with E-state index in [4.69, 9.17) is 10.5 Å². The van der Waals surface area contributed by atoms with Crippen molar-refractivity contribution < 1.29 is 9.53 Å². The van der Waals surface area contributed by atoms with Crippen LogP contribution in [0, 0.1) is 0 Å². The lowest BCUT2D eigenvalue weighted by Gasteiger charge is -2.36. The molecule has 0 radical (unpaired) electrons. The number of carbonyl (C=O) groups is 1. The van der Waals surface area contributed by atoms with Crippen molar-refractivity contribution in [1.29, 1.82) is 0 Å². The van der Waals surface area contributed by atoms with E-state index in [0.717, 1.165) is 31.4 Å². The van der Waals surface area contributed by atoms with Crippen LogP contribution in [0.5, 0.6) is 5.75 Å². The summed E-state index contributed by atoms with van der Waals surface area (Å²) in [6.07, 6.45) is 3.54. The van der Waals surface area contributed by atoms with Crippen LogP contribution in [0.1, 0.15) is 24.8 Å². The zero-order valence-corrected chi connectivity index (χ0v) is 10.3. The van der Waals surface area contributed by atoms with Crippen LogP contribution >= 0.6 is 0 Å². The number of fused-ring (bicyclic) bond motifs is 1. The number of amides is 1. The molecule has 2 aliphatic rings. The fourth-order valence-corrected chi connectivity index (χ4v) is 2.54. The fourth-order valence-electron chi connectivity index (χ4n) is 2.54. The fraction of sp³-hybridized carbons (Fsp3) is 0.500. The highest BCUT2D eigenvalue weighted by atomic mass is 16.5. The van der Waals surface area contributed by atoms with Gasteiger partial charge in [0.05, 0.1) is 12.1 Å². The van der Waals surface area contributed by atoms with Crippen molar-refractivity contribution >= 4 is 5.91 Å². The topological polar surface area (TPSA) is 64.4 Å².